The highest BCUT2D eigenvalue weighted by Crippen LogP contribution is 2.56. The number of carbonyl (C=O) groups is 1. The van der Waals surface area contributed by atoms with Crippen molar-refractivity contribution in [3.05, 3.63) is 0 Å². The van der Waals surface area contributed by atoms with Crippen LogP contribution in [0.4, 0.5) is 0 Å². The van der Waals surface area contributed by atoms with Gasteiger partial charge in [-0.05, 0) is 68.6 Å². The molecule has 0 radical (unpaired) electrons. The van der Waals surface area contributed by atoms with Gasteiger partial charge >= 0.3 is 0 Å². The molecule has 4 aliphatic rings. The maximum atomic E-state index is 12.2. The fraction of sp³-hybridized carbons (Fsp3) is 0.933. The Bertz CT molecular complexity index is 337. The van der Waals surface area contributed by atoms with E-state index in [-0.39, 0.29) is 0 Å². The molecule has 1 amide bonds. The summed E-state index contributed by atoms with van der Waals surface area (Å²) in [6.07, 6.45) is 11.9. The Hall–Kier alpha value is -0.530. The van der Waals surface area contributed by atoms with E-state index in [1.807, 2.05) is 0 Å². The smallest absolute Gasteiger partial charge is 0.223 e. The topological polar surface area (TPSA) is 29.1 Å². The van der Waals surface area contributed by atoms with Crippen LogP contribution in [-0.2, 0) is 4.79 Å². The summed E-state index contributed by atoms with van der Waals surface area (Å²) in [5.74, 6) is 2.61. The second-order valence-electron chi connectivity index (χ2n) is 7.23. The van der Waals surface area contributed by atoms with Crippen molar-refractivity contribution in [1.82, 2.24) is 5.32 Å². The van der Waals surface area contributed by atoms with E-state index in [1.165, 1.54) is 57.8 Å². The molecule has 2 unspecified atom stereocenters. The van der Waals surface area contributed by atoms with Crippen molar-refractivity contribution in [2.75, 3.05) is 0 Å². The molecule has 3 atom stereocenters. The van der Waals surface area contributed by atoms with E-state index in [0.29, 0.717) is 23.3 Å². The van der Waals surface area contributed by atoms with Gasteiger partial charge < -0.3 is 5.32 Å². The summed E-state index contributed by atoms with van der Waals surface area (Å²) in [6.45, 7) is 0. The van der Waals surface area contributed by atoms with Gasteiger partial charge in [-0.25, -0.2) is 0 Å². The molecule has 0 aliphatic heterocycles. The number of carbonyl (C=O) groups excluding carboxylic acids is 1. The summed E-state index contributed by atoms with van der Waals surface area (Å²) >= 11 is 0. The SMILES string of the molecule is O=C(N[C@@H]1CCCC2(CC2)C1)C1CC2CC2C1. The first kappa shape index (κ1) is 10.4. The molecule has 2 nitrogen and oxygen atoms in total. The zero-order chi connectivity index (χ0) is 11.5. The lowest BCUT2D eigenvalue weighted by Crippen LogP contribution is -2.41. The molecule has 4 fully saturated rings. The molecule has 1 spiro atoms. The van der Waals surface area contributed by atoms with Crippen LogP contribution in [0.25, 0.3) is 0 Å². The molecule has 94 valence electrons. The number of nitrogens with one attached hydrogen (secondary N) is 1. The number of hydrogen-bond acceptors (Lipinski definition) is 1. The minimum Gasteiger partial charge on any atom is -0.353 e. The van der Waals surface area contributed by atoms with Crippen LogP contribution < -0.4 is 5.32 Å². The highest BCUT2D eigenvalue weighted by molar-refractivity contribution is 5.79. The summed E-state index contributed by atoms with van der Waals surface area (Å²) in [5.41, 5.74) is 0.675. The monoisotopic (exact) mass is 233 g/mol. The fourth-order valence-corrected chi connectivity index (χ4v) is 4.45. The lowest BCUT2D eigenvalue weighted by atomic mass is 9.83. The van der Waals surface area contributed by atoms with E-state index in [0.717, 1.165) is 11.8 Å². The van der Waals surface area contributed by atoms with Crippen LogP contribution in [0.3, 0.4) is 0 Å². The zero-order valence-electron chi connectivity index (χ0n) is 10.6. The van der Waals surface area contributed by atoms with Gasteiger partial charge in [0.15, 0.2) is 0 Å². The minimum absolute atomic E-state index is 0.371. The molecule has 0 aromatic carbocycles. The van der Waals surface area contributed by atoms with Crippen LogP contribution in [0, 0.1) is 23.2 Å². The second-order valence-corrected chi connectivity index (χ2v) is 7.23. The van der Waals surface area contributed by atoms with Crippen LogP contribution in [0.5, 0.6) is 0 Å². The van der Waals surface area contributed by atoms with Crippen molar-refractivity contribution in [3.63, 3.8) is 0 Å². The number of amides is 1. The third-order valence-electron chi connectivity index (χ3n) is 5.86. The maximum absolute atomic E-state index is 12.2. The van der Waals surface area contributed by atoms with Gasteiger partial charge in [-0.1, -0.05) is 6.42 Å². The third kappa shape index (κ3) is 1.90. The lowest BCUT2D eigenvalue weighted by molar-refractivity contribution is -0.126. The Labute approximate surface area is 104 Å². The highest BCUT2D eigenvalue weighted by atomic mass is 16.1. The van der Waals surface area contributed by atoms with Crippen LogP contribution in [0.15, 0.2) is 0 Å². The minimum atomic E-state index is 0.371. The normalized spacial score (nSPS) is 45.4. The predicted octanol–water partition coefficient (Wildman–Crippen LogP) is 2.87. The Morgan fingerprint density at radius 2 is 1.82 bits per heavy atom. The lowest BCUT2D eigenvalue weighted by Gasteiger charge is -2.30. The average Bonchev–Trinajstić information content (AvgIpc) is 3.21. The van der Waals surface area contributed by atoms with Gasteiger partial charge in [0.1, 0.15) is 0 Å². The van der Waals surface area contributed by atoms with Crippen molar-refractivity contribution in [2.24, 2.45) is 23.2 Å². The van der Waals surface area contributed by atoms with Crippen molar-refractivity contribution in [2.45, 2.75) is 63.8 Å². The van der Waals surface area contributed by atoms with Crippen LogP contribution in [0.2, 0.25) is 0 Å². The molecule has 0 aromatic heterocycles. The highest BCUT2D eigenvalue weighted by Gasteiger charge is 2.49. The van der Waals surface area contributed by atoms with Crippen molar-refractivity contribution >= 4 is 5.91 Å². The number of fused-ring (bicyclic) bond motifs is 1. The Kier molecular flexibility index (Phi) is 2.13. The van der Waals surface area contributed by atoms with Gasteiger partial charge in [-0.3, -0.25) is 4.79 Å². The molecule has 1 N–H and O–H groups in total. The zero-order valence-corrected chi connectivity index (χ0v) is 10.6. The summed E-state index contributed by atoms with van der Waals surface area (Å²) in [7, 11) is 0. The molecule has 0 heterocycles. The molecule has 4 aliphatic carbocycles. The first-order valence-electron chi connectivity index (χ1n) is 7.55. The summed E-state index contributed by atoms with van der Waals surface area (Å²) in [4.78, 5) is 12.2. The van der Waals surface area contributed by atoms with Gasteiger partial charge in [0, 0.05) is 12.0 Å². The maximum Gasteiger partial charge on any atom is 0.223 e. The molecule has 17 heavy (non-hydrogen) atoms. The van der Waals surface area contributed by atoms with Gasteiger partial charge in [0.25, 0.3) is 0 Å². The van der Waals surface area contributed by atoms with Crippen molar-refractivity contribution in [3.8, 4) is 0 Å². The molecular weight excluding hydrogens is 210 g/mol. The standard InChI is InChI=1S/C15H23NO/c17-14(12-7-10-6-11(10)8-12)16-13-2-1-3-15(9-13)4-5-15/h10-13H,1-9H2,(H,16,17)/t10?,11?,12?,13-/m1/s1. The van der Waals surface area contributed by atoms with Crippen molar-refractivity contribution < 1.29 is 4.79 Å². The first-order valence-corrected chi connectivity index (χ1v) is 7.55. The third-order valence-corrected chi connectivity index (χ3v) is 5.86. The predicted molar refractivity (Wildman–Crippen MR) is 66.4 cm³/mol. The Morgan fingerprint density at radius 1 is 1.06 bits per heavy atom. The summed E-state index contributed by atoms with van der Waals surface area (Å²) in [5, 5.41) is 3.36. The van der Waals surface area contributed by atoms with Gasteiger partial charge in [-0.2, -0.15) is 0 Å². The van der Waals surface area contributed by atoms with Crippen molar-refractivity contribution in [1.29, 1.82) is 0 Å². The molecule has 4 saturated carbocycles. The molecule has 0 aromatic rings. The fourth-order valence-electron chi connectivity index (χ4n) is 4.45. The largest absolute Gasteiger partial charge is 0.353 e. The van der Waals surface area contributed by atoms with Crippen LogP contribution in [0.1, 0.15) is 57.8 Å². The molecule has 0 saturated heterocycles. The molecule has 0 bridgehead atoms. The molecule has 4 rings (SSSR count). The van der Waals surface area contributed by atoms with E-state index < -0.39 is 0 Å². The van der Waals surface area contributed by atoms with E-state index in [4.69, 9.17) is 0 Å². The molecule has 2 heteroatoms. The Balaban J connectivity index is 1.32. The molecular formula is C15H23NO. The summed E-state index contributed by atoms with van der Waals surface area (Å²) in [6, 6.07) is 0.510. The van der Waals surface area contributed by atoms with E-state index in [2.05, 4.69) is 5.32 Å². The van der Waals surface area contributed by atoms with E-state index in [1.54, 1.807) is 0 Å². The number of hydrogen-bond donors (Lipinski definition) is 1. The first-order chi connectivity index (χ1) is 8.24. The van der Waals surface area contributed by atoms with Gasteiger partial charge in [0.2, 0.25) is 5.91 Å². The van der Waals surface area contributed by atoms with E-state index in [9.17, 15) is 4.79 Å². The van der Waals surface area contributed by atoms with Crippen LogP contribution in [-0.4, -0.2) is 11.9 Å². The summed E-state index contributed by atoms with van der Waals surface area (Å²) < 4.78 is 0. The number of rotatable bonds is 2. The quantitative estimate of drug-likeness (QED) is 0.780. The van der Waals surface area contributed by atoms with E-state index >= 15 is 0 Å². The average molecular weight is 233 g/mol. The van der Waals surface area contributed by atoms with Gasteiger partial charge in [-0.15, -0.1) is 0 Å². The van der Waals surface area contributed by atoms with Crippen LogP contribution >= 0.6 is 0 Å². The Morgan fingerprint density at radius 3 is 2.53 bits per heavy atom. The second kappa shape index (κ2) is 3.49. The van der Waals surface area contributed by atoms with Gasteiger partial charge in [0.05, 0.1) is 0 Å².